The lowest BCUT2D eigenvalue weighted by atomic mass is 9.51. The van der Waals surface area contributed by atoms with Crippen LogP contribution in [0.1, 0.15) is 32.1 Å². The van der Waals surface area contributed by atoms with Crippen LogP contribution in [-0.2, 0) is 4.79 Å². The highest BCUT2D eigenvalue weighted by Crippen LogP contribution is 2.56. The quantitative estimate of drug-likeness (QED) is 0.807. The molecule has 3 N–H and O–H groups in total. The molecule has 4 bridgehead atoms. The zero-order chi connectivity index (χ0) is 11.1. The highest BCUT2D eigenvalue weighted by Gasteiger charge is 2.50. The monoisotopic (exact) mass is 258 g/mol. The van der Waals surface area contributed by atoms with Crippen LogP contribution in [0, 0.1) is 29.6 Å². The van der Waals surface area contributed by atoms with E-state index in [1.54, 1.807) is 0 Å². The molecule has 0 aromatic heterocycles. The number of carbonyl (C=O) groups is 1. The van der Waals surface area contributed by atoms with Crippen molar-refractivity contribution in [1.82, 2.24) is 5.32 Å². The fourth-order valence-corrected chi connectivity index (χ4v) is 4.67. The van der Waals surface area contributed by atoms with Gasteiger partial charge < -0.3 is 11.1 Å². The molecular weight excluding hydrogens is 236 g/mol. The molecule has 0 spiro atoms. The number of rotatable bonds is 3. The maximum atomic E-state index is 12.1. The first kappa shape index (κ1) is 13.2. The molecule has 3 nitrogen and oxygen atoms in total. The molecule has 4 saturated carbocycles. The van der Waals surface area contributed by atoms with Crippen LogP contribution in [0.25, 0.3) is 0 Å². The smallest absolute Gasteiger partial charge is 0.223 e. The van der Waals surface area contributed by atoms with Crippen molar-refractivity contribution < 1.29 is 4.79 Å². The van der Waals surface area contributed by atoms with Gasteiger partial charge in [-0.05, 0) is 55.8 Å². The van der Waals surface area contributed by atoms with Crippen molar-refractivity contribution >= 4 is 18.3 Å². The lowest BCUT2D eigenvalue weighted by molar-refractivity contribution is -0.138. The summed E-state index contributed by atoms with van der Waals surface area (Å²) in [6.45, 7) is 1.20. The third-order valence-electron chi connectivity index (χ3n) is 4.97. The predicted molar refractivity (Wildman–Crippen MR) is 69.8 cm³/mol. The number of nitrogens with one attached hydrogen (secondary N) is 1. The average Bonchev–Trinajstić information content (AvgIpc) is 2.24. The van der Waals surface area contributed by atoms with Gasteiger partial charge in [0.1, 0.15) is 0 Å². The summed E-state index contributed by atoms with van der Waals surface area (Å²) < 4.78 is 0. The minimum atomic E-state index is 0. The van der Waals surface area contributed by atoms with E-state index in [1.807, 2.05) is 0 Å². The summed E-state index contributed by atoms with van der Waals surface area (Å²) in [4.78, 5) is 12.1. The lowest BCUT2D eigenvalue weighted by Crippen LogP contribution is -2.51. The van der Waals surface area contributed by atoms with Crippen molar-refractivity contribution in [2.45, 2.75) is 32.1 Å². The van der Waals surface area contributed by atoms with Crippen LogP contribution in [0.4, 0.5) is 0 Å². The molecule has 4 aliphatic carbocycles. The molecule has 0 aliphatic heterocycles. The molecule has 98 valence electrons. The van der Waals surface area contributed by atoms with Crippen molar-refractivity contribution in [2.24, 2.45) is 35.3 Å². The Morgan fingerprint density at radius 1 is 1.06 bits per heavy atom. The first-order valence-electron chi connectivity index (χ1n) is 6.75. The van der Waals surface area contributed by atoms with E-state index < -0.39 is 0 Å². The second-order valence-electron chi connectivity index (χ2n) is 6.04. The van der Waals surface area contributed by atoms with Crippen LogP contribution in [0.2, 0.25) is 0 Å². The minimum Gasteiger partial charge on any atom is -0.355 e. The number of carbonyl (C=O) groups excluding carboxylic acids is 1. The van der Waals surface area contributed by atoms with Crippen LogP contribution in [0.5, 0.6) is 0 Å². The summed E-state index contributed by atoms with van der Waals surface area (Å²) >= 11 is 0. The van der Waals surface area contributed by atoms with Gasteiger partial charge in [0.15, 0.2) is 0 Å². The van der Waals surface area contributed by atoms with Gasteiger partial charge in [-0.15, -0.1) is 12.4 Å². The second kappa shape index (κ2) is 5.15. The predicted octanol–water partition coefficient (Wildman–Crippen LogP) is 1.56. The van der Waals surface area contributed by atoms with Crippen LogP contribution >= 0.6 is 12.4 Å². The minimum absolute atomic E-state index is 0. The first-order chi connectivity index (χ1) is 7.78. The number of amides is 1. The largest absolute Gasteiger partial charge is 0.355 e. The Morgan fingerprint density at radius 3 is 2.06 bits per heavy atom. The Bertz CT molecular complexity index is 267. The van der Waals surface area contributed by atoms with Crippen LogP contribution in [-0.4, -0.2) is 19.0 Å². The van der Waals surface area contributed by atoms with Crippen LogP contribution in [0.15, 0.2) is 0 Å². The Morgan fingerprint density at radius 2 is 1.59 bits per heavy atom. The summed E-state index contributed by atoms with van der Waals surface area (Å²) in [6, 6.07) is 0. The molecule has 0 atom stereocenters. The molecule has 4 rings (SSSR count). The van der Waals surface area contributed by atoms with Gasteiger partial charge in [-0.2, -0.15) is 0 Å². The summed E-state index contributed by atoms with van der Waals surface area (Å²) in [6.07, 6.45) is 6.70. The van der Waals surface area contributed by atoms with Crippen molar-refractivity contribution in [3.8, 4) is 0 Å². The van der Waals surface area contributed by atoms with Gasteiger partial charge in [0.05, 0.1) is 0 Å². The van der Waals surface area contributed by atoms with Gasteiger partial charge >= 0.3 is 0 Å². The fourth-order valence-electron chi connectivity index (χ4n) is 4.67. The Hall–Kier alpha value is -0.280. The number of halogens is 1. The topological polar surface area (TPSA) is 55.1 Å². The Balaban J connectivity index is 0.00000108. The summed E-state index contributed by atoms with van der Waals surface area (Å²) in [5.41, 5.74) is 5.44. The SMILES string of the molecule is Cl.NCCNC(=O)C1C2CC3CC(C2)CC1C3. The highest BCUT2D eigenvalue weighted by molar-refractivity contribution is 5.85. The normalized spacial score (nSPS) is 42.1. The van der Waals surface area contributed by atoms with Crippen LogP contribution < -0.4 is 11.1 Å². The fraction of sp³-hybridized carbons (Fsp3) is 0.923. The van der Waals surface area contributed by atoms with Crippen molar-refractivity contribution in [1.29, 1.82) is 0 Å². The first-order valence-corrected chi connectivity index (χ1v) is 6.75. The van der Waals surface area contributed by atoms with E-state index in [2.05, 4.69) is 5.32 Å². The van der Waals surface area contributed by atoms with Gasteiger partial charge in [-0.1, -0.05) is 0 Å². The molecule has 0 heterocycles. The van der Waals surface area contributed by atoms with E-state index in [4.69, 9.17) is 5.73 Å². The van der Waals surface area contributed by atoms with Crippen LogP contribution in [0.3, 0.4) is 0 Å². The summed E-state index contributed by atoms with van der Waals surface area (Å²) in [5, 5.41) is 3.00. The number of nitrogens with two attached hydrogens (primary N) is 1. The standard InChI is InChI=1S/C13H22N2O.ClH/c14-1-2-15-13(16)12-10-4-8-3-9(6-10)7-11(12)5-8;/h8-12H,1-7,14H2,(H,15,16);1H. The maximum absolute atomic E-state index is 12.1. The third-order valence-corrected chi connectivity index (χ3v) is 4.97. The van der Waals surface area contributed by atoms with E-state index in [1.165, 1.54) is 32.1 Å². The number of hydrogen-bond acceptors (Lipinski definition) is 2. The molecule has 4 heteroatoms. The molecular formula is C13H23ClN2O. The third kappa shape index (κ3) is 2.32. The molecule has 0 unspecified atom stereocenters. The summed E-state index contributed by atoms with van der Waals surface area (Å²) in [7, 11) is 0. The zero-order valence-corrected chi connectivity index (χ0v) is 11.0. The summed E-state index contributed by atoms with van der Waals surface area (Å²) in [5.74, 6) is 3.88. The molecule has 0 saturated heterocycles. The van der Waals surface area contributed by atoms with Gasteiger partial charge in [-0.25, -0.2) is 0 Å². The van der Waals surface area contributed by atoms with E-state index in [9.17, 15) is 4.79 Å². The van der Waals surface area contributed by atoms with E-state index in [0.717, 1.165) is 11.8 Å². The number of hydrogen-bond donors (Lipinski definition) is 2. The van der Waals surface area contributed by atoms with Gasteiger partial charge in [-0.3, -0.25) is 4.79 Å². The molecule has 0 aromatic carbocycles. The zero-order valence-electron chi connectivity index (χ0n) is 10.2. The van der Waals surface area contributed by atoms with Gasteiger partial charge in [0, 0.05) is 19.0 Å². The Labute approximate surface area is 109 Å². The maximum Gasteiger partial charge on any atom is 0.223 e. The molecule has 17 heavy (non-hydrogen) atoms. The van der Waals surface area contributed by atoms with E-state index >= 15 is 0 Å². The Kier molecular flexibility index (Phi) is 3.99. The average molecular weight is 259 g/mol. The van der Waals surface area contributed by atoms with E-state index in [-0.39, 0.29) is 12.4 Å². The molecule has 4 fully saturated rings. The van der Waals surface area contributed by atoms with Crippen molar-refractivity contribution in [2.75, 3.05) is 13.1 Å². The molecule has 1 amide bonds. The van der Waals surface area contributed by atoms with Gasteiger partial charge in [0.25, 0.3) is 0 Å². The van der Waals surface area contributed by atoms with Crippen molar-refractivity contribution in [3.05, 3.63) is 0 Å². The molecule has 0 aromatic rings. The van der Waals surface area contributed by atoms with Gasteiger partial charge in [0.2, 0.25) is 5.91 Å². The van der Waals surface area contributed by atoms with E-state index in [0.29, 0.717) is 36.8 Å². The molecule has 0 radical (unpaired) electrons. The lowest BCUT2D eigenvalue weighted by Gasteiger charge is -2.53. The van der Waals surface area contributed by atoms with Crippen molar-refractivity contribution in [3.63, 3.8) is 0 Å². The highest BCUT2D eigenvalue weighted by atomic mass is 35.5. The molecule has 4 aliphatic rings. The second-order valence-corrected chi connectivity index (χ2v) is 6.04.